The molecular weight excluding hydrogens is 380 g/mol. The minimum Gasteiger partial charge on any atom is -0.486 e. The summed E-state index contributed by atoms with van der Waals surface area (Å²) in [5, 5.41) is 2.57. The van der Waals surface area contributed by atoms with Crippen LogP contribution < -0.4 is 14.8 Å². The lowest BCUT2D eigenvalue weighted by molar-refractivity contribution is 0.0963. The summed E-state index contributed by atoms with van der Waals surface area (Å²) in [6.07, 6.45) is 1.69. The van der Waals surface area contributed by atoms with Crippen molar-refractivity contribution < 1.29 is 22.7 Å². The average Bonchev–Trinajstić information content (AvgIpc) is 3.56. The number of sulfonamides is 1. The standard InChI is InChI=1S/C20H22N2O5S/c1-21-20(23)15-4-2-14(3-5-15)13-22(16-6-7-16)28(24,25)17-8-9-18-19(12-17)27-11-10-26-18/h2-5,8-9,12,16H,6-7,10-11,13H2,1H3,(H,21,23). The molecule has 0 spiro atoms. The fraction of sp³-hybridized carbons (Fsp3) is 0.350. The van der Waals surface area contributed by atoms with E-state index in [4.69, 9.17) is 9.47 Å². The number of benzene rings is 2. The lowest BCUT2D eigenvalue weighted by Gasteiger charge is -2.24. The average molecular weight is 402 g/mol. The highest BCUT2D eigenvalue weighted by Gasteiger charge is 2.38. The second-order valence-electron chi connectivity index (χ2n) is 6.86. The number of carbonyl (C=O) groups is 1. The number of amides is 1. The van der Waals surface area contributed by atoms with Crippen molar-refractivity contribution in [2.75, 3.05) is 20.3 Å². The van der Waals surface area contributed by atoms with E-state index in [0.717, 1.165) is 18.4 Å². The van der Waals surface area contributed by atoms with E-state index in [0.29, 0.717) is 30.3 Å². The molecule has 1 amide bonds. The second-order valence-corrected chi connectivity index (χ2v) is 8.75. The fourth-order valence-electron chi connectivity index (χ4n) is 3.18. The first-order chi connectivity index (χ1) is 13.5. The van der Waals surface area contributed by atoms with Crippen LogP contribution in [0.1, 0.15) is 28.8 Å². The first-order valence-electron chi connectivity index (χ1n) is 9.21. The molecule has 2 aromatic carbocycles. The molecule has 1 aliphatic carbocycles. The SMILES string of the molecule is CNC(=O)c1ccc(CN(C2CC2)S(=O)(=O)c2ccc3c(c2)OCCO3)cc1. The van der Waals surface area contributed by atoms with E-state index in [2.05, 4.69) is 5.32 Å². The Bertz CT molecular complexity index is 984. The van der Waals surface area contributed by atoms with Gasteiger partial charge in [0.05, 0.1) is 4.90 Å². The number of rotatable bonds is 6. The van der Waals surface area contributed by atoms with Gasteiger partial charge in [-0.25, -0.2) is 8.42 Å². The molecule has 148 valence electrons. The minimum atomic E-state index is -3.68. The molecule has 0 unspecified atom stereocenters. The number of nitrogens with one attached hydrogen (secondary N) is 1. The molecule has 4 rings (SSSR count). The Morgan fingerprint density at radius 3 is 2.39 bits per heavy atom. The number of nitrogens with zero attached hydrogens (tertiary/aromatic N) is 1. The molecule has 28 heavy (non-hydrogen) atoms. The van der Waals surface area contributed by atoms with Gasteiger partial charge in [-0.2, -0.15) is 4.31 Å². The van der Waals surface area contributed by atoms with Crippen LogP contribution in [0.5, 0.6) is 11.5 Å². The van der Waals surface area contributed by atoms with E-state index < -0.39 is 10.0 Å². The molecule has 0 bridgehead atoms. The minimum absolute atomic E-state index is 0.00295. The zero-order valence-corrected chi connectivity index (χ0v) is 16.4. The second kappa shape index (κ2) is 7.44. The third kappa shape index (κ3) is 3.70. The van der Waals surface area contributed by atoms with Gasteiger partial charge in [-0.05, 0) is 42.7 Å². The summed E-state index contributed by atoms with van der Waals surface area (Å²) in [7, 11) is -2.11. The van der Waals surface area contributed by atoms with Gasteiger partial charge in [0.1, 0.15) is 13.2 Å². The summed E-state index contributed by atoms with van der Waals surface area (Å²) >= 11 is 0. The summed E-state index contributed by atoms with van der Waals surface area (Å²) in [6, 6.07) is 11.7. The van der Waals surface area contributed by atoms with Crippen molar-refractivity contribution in [1.29, 1.82) is 0 Å². The van der Waals surface area contributed by atoms with Gasteiger partial charge in [0, 0.05) is 31.3 Å². The topological polar surface area (TPSA) is 84.9 Å². The molecule has 7 nitrogen and oxygen atoms in total. The van der Waals surface area contributed by atoms with Gasteiger partial charge in [-0.1, -0.05) is 12.1 Å². The molecule has 0 atom stereocenters. The van der Waals surface area contributed by atoms with Crippen LogP contribution in [0.15, 0.2) is 47.4 Å². The summed E-state index contributed by atoms with van der Waals surface area (Å²) in [6.45, 7) is 1.12. The van der Waals surface area contributed by atoms with Crippen molar-refractivity contribution in [3.63, 3.8) is 0 Å². The molecule has 1 heterocycles. The lowest BCUT2D eigenvalue weighted by atomic mass is 10.1. The molecule has 1 fully saturated rings. The highest BCUT2D eigenvalue weighted by Crippen LogP contribution is 2.37. The van der Waals surface area contributed by atoms with Crippen LogP contribution >= 0.6 is 0 Å². The van der Waals surface area contributed by atoms with Crippen molar-refractivity contribution in [3.05, 3.63) is 53.6 Å². The number of ether oxygens (including phenoxy) is 2. The maximum absolute atomic E-state index is 13.3. The molecular formula is C20H22N2O5S. The molecule has 1 saturated carbocycles. The summed E-state index contributed by atoms with van der Waals surface area (Å²) < 4.78 is 39.1. The molecule has 2 aromatic rings. The Hall–Kier alpha value is -2.58. The lowest BCUT2D eigenvalue weighted by Crippen LogP contribution is -2.32. The van der Waals surface area contributed by atoms with E-state index in [1.165, 1.54) is 10.4 Å². The predicted molar refractivity (Wildman–Crippen MR) is 103 cm³/mol. The van der Waals surface area contributed by atoms with Crippen LogP contribution in [0.25, 0.3) is 0 Å². The molecule has 1 aliphatic heterocycles. The molecule has 0 radical (unpaired) electrons. The Labute approximate surface area is 164 Å². The fourth-order valence-corrected chi connectivity index (χ4v) is 4.87. The van der Waals surface area contributed by atoms with E-state index in [1.54, 1.807) is 43.4 Å². The van der Waals surface area contributed by atoms with Gasteiger partial charge in [-0.15, -0.1) is 0 Å². The van der Waals surface area contributed by atoms with Crippen molar-refractivity contribution >= 4 is 15.9 Å². The molecule has 0 saturated heterocycles. The highest BCUT2D eigenvalue weighted by atomic mass is 32.2. The van der Waals surface area contributed by atoms with E-state index >= 15 is 0 Å². The number of carbonyl (C=O) groups excluding carboxylic acids is 1. The Morgan fingerprint density at radius 1 is 1.07 bits per heavy atom. The monoisotopic (exact) mass is 402 g/mol. The van der Waals surface area contributed by atoms with E-state index in [1.807, 2.05) is 0 Å². The van der Waals surface area contributed by atoms with Crippen LogP contribution in [0.2, 0.25) is 0 Å². The van der Waals surface area contributed by atoms with Crippen molar-refractivity contribution in [3.8, 4) is 11.5 Å². The smallest absolute Gasteiger partial charge is 0.251 e. The summed E-state index contributed by atoms with van der Waals surface area (Å²) in [5.74, 6) is 0.848. The third-order valence-electron chi connectivity index (χ3n) is 4.86. The van der Waals surface area contributed by atoms with Crippen LogP contribution in [-0.2, 0) is 16.6 Å². The third-order valence-corrected chi connectivity index (χ3v) is 6.75. The number of fused-ring (bicyclic) bond motifs is 1. The number of hydrogen-bond donors (Lipinski definition) is 1. The van der Waals surface area contributed by atoms with Gasteiger partial charge in [0.2, 0.25) is 10.0 Å². The quantitative estimate of drug-likeness (QED) is 0.801. The van der Waals surface area contributed by atoms with Gasteiger partial charge >= 0.3 is 0 Å². The van der Waals surface area contributed by atoms with Crippen LogP contribution in [-0.4, -0.2) is 44.9 Å². The Balaban J connectivity index is 1.59. The van der Waals surface area contributed by atoms with Gasteiger partial charge in [0.25, 0.3) is 5.91 Å². The maximum Gasteiger partial charge on any atom is 0.251 e. The van der Waals surface area contributed by atoms with Crippen molar-refractivity contribution in [2.24, 2.45) is 0 Å². The van der Waals surface area contributed by atoms with Gasteiger partial charge < -0.3 is 14.8 Å². The Kier molecular flexibility index (Phi) is 4.99. The van der Waals surface area contributed by atoms with Crippen molar-refractivity contribution in [1.82, 2.24) is 9.62 Å². The van der Waals surface area contributed by atoms with Crippen LogP contribution in [0.4, 0.5) is 0 Å². The summed E-state index contributed by atoms with van der Waals surface area (Å²) in [5.41, 5.74) is 1.37. The van der Waals surface area contributed by atoms with Crippen molar-refractivity contribution in [2.45, 2.75) is 30.3 Å². The molecule has 2 aliphatic rings. The van der Waals surface area contributed by atoms with Gasteiger partial charge in [0.15, 0.2) is 11.5 Å². The predicted octanol–water partition coefficient (Wildman–Crippen LogP) is 2.17. The van der Waals surface area contributed by atoms with Gasteiger partial charge in [-0.3, -0.25) is 4.79 Å². The first kappa shape index (κ1) is 18.8. The highest BCUT2D eigenvalue weighted by molar-refractivity contribution is 7.89. The van der Waals surface area contributed by atoms with Crippen LogP contribution in [0.3, 0.4) is 0 Å². The summed E-state index contributed by atoms with van der Waals surface area (Å²) in [4.78, 5) is 11.9. The molecule has 0 aromatic heterocycles. The zero-order chi connectivity index (χ0) is 19.7. The van der Waals surface area contributed by atoms with Crippen LogP contribution in [0, 0.1) is 0 Å². The molecule has 1 N–H and O–H groups in total. The Morgan fingerprint density at radius 2 is 1.75 bits per heavy atom. The first-order valence-corrected chi connectivity index (χ1v) is 10.7. The largest absolute Gasteiger partial charge is 0.486 e. The van der Waals surface area contributed by atoms with E-state index in [9.17, 15) is 13.2 Å². The molecule has 8 heteroatoms. The normalized spacial score (nSPS) is 16.1. The van der Waals surface area contributed by atoms with E-state index in [-0.39, 0.29) is 23.4 Å². The number of hydrogen-bond acceptors (Lipinski definition) is 5. The zero-order valence-electron chi connectivity index (χ0n) is 15.6. The maximum atomic E-state index is 13.3.